The number of halogens is 1. The number of carboxylic acids is 1. The van der Waals surface area contributed by atoms with Crippen molar-refractivity contribution in [3.05, 3.63) is 39.9 Å². The predicted octanol–water partition coefficient (Wildman–Crippen LogP) is 2.35. The Bertz CT molecular complexity index is 1040. The highest BCUT2D eigenvalue weighted by atomic mass is 19.1. The number of anilines is 1. The van der Waals surface area contributed by atoms with Gasteiger partial charge < -0.3 is 14.6 Å². The standard InChI is InChI=1S/C21H26FN3O4/c1-5-23-12-15(20(28)29)19(27)14-10-16(22)18(11-17(14)23)24-6-8-25(9-7-24)21(3,4)13(2)26/h10-12H,5-9H2,1-4H3,(H,28,29). The van der Waals surface area contributed by atoms with Crippen molar-refractivity contribution in [3.63, 3.8) is 0 Å². The molecule has 1 fully saturated rings. The van der Waals surface area contributed by atoms with Crippen LogP contribution in [0.4, 0.5) is 10.1 Å². The number of ketones is 1. The summed E-state index contributed by atoms with van der Waals surface area (Å²) in [5.41, 5.74) is -0.737. The van der Waals surface area contributed by atoms with Crippen LogP contribution >= 0.6 is 0 Å². The zero-order valence-electron chi connectivity index (χ0n) is 17.2. The van der Waals surface area contributed by atoms with Gasteiger partial charge in [0.1, 0.15) is 17.2 Å². The minimum absolute atomic E-state index is 0.0596. The summed E-state index contributed by atoms with van der Waals surface area (Å²) in [5, 5.41) is 9.32. The molecule has 1 N–H and O–H groups in total. The quantitative estimate of drug-likeness (QED) is 0.825. The summed E-state index contributed by atoms with van der Waals surface area (Å²) >= 11 is 0. The number of nitrogens with zero attached hydrogens (tertiary/aromatic N) is 3. The van der Waals surface area contributed by atoms with Crippen LogP contribution in [0, 0.1) is 5.82 Å². The Morgan fingerprint density at radius 3 is 2.31 bits per heavy atom. The Hall–Kier alpha value is -2.74. The van der Waals surface area contributed by atoms with Crippen LogP contribution in [0.5, 0.6) is 0 Å². The highest BCUT2D eigenvalue weighted by Gasteiger charge is 2.34. The van der Waals surface area contributed by atoms with Crippen molar-refractivity contribution in [3.8, 4) is 0 Å². The second kappa shape index (κ2) is 7.59. The molecule has 156 valence electrons. The maximum atomic E-state index is 14.9. The predicted molar refractivity (Wildman–Crippen MR) is 109 cm³/mol. The number of carbonyl (C=O) groups excluding carboxylic acids is 1. The Balaban J connectivity index is 1.99. The van der Waals surface area contributed by atoms with Gasteiger partial charge in [0, 0.05) is 44.3 Å². The molecular formula is C21H26FN3O4. The van der Waals surface area contributed by atoms with Crippen LogP contribution in [0.2, 0.25) is 0 Å². The first-order chi connectivity index (χ1) is 13.6. The fraction of sp³-hybridized carbons (Fsp3) is 0.476. The lowest BCUT2D eigenvalue weighted by Crippen LogP contribution is -2.57. The topological polar surface area (TPSA) is 82.8 Å². The molecule has 1 aliphatic heterocycles. The van der Waals surface area contributed by atoms with Gasteiger partial charge in [-0.1, -0.05) is 0 Å². The number of aromatic carboxylic acids is 1. The second-order valence-electron chi connectivity index (χ2n) is 7.87. The molecule has 29 heavy (non-hydrogen) atoms. The van der Waals surface area contributed by atoms with Crippen LogP contribution in [0.25, 0.3) is 10.9 Å². The van der Waals surface area contributed by atoms with Crippen molar-refractivity contribution in [2.75, 3.05) is 31.1 Å². The monoisotopic (exact) mass is 403 g/mol. The van der Waals surface area contributed by atoms with E-state index in [0.717, 1.165) is 6.07 Å². The molecule has 0 amide bonds. The molecule has 1 aromatic carbocycles. The minimum Gasteiger partial charge on any atom is -0.477 e. The lowest BCUT2D eigenvalue weighted by molar-refractivity contribution is -0.127. The summed E-state index contributed by atoms with van der Waals surface area (Å²) in [5.74, 6) is -1.80. The van der Waals surface area contributed by atoms with Crippen molar-refractivity contribution in [2.45, 2.75) is 39.8 Å². The summed E-state index contributed by atoms with van der Waals surface area (Å²) in [6, 6.07) is 2.75. The molecule has 1 aromatic heterocycles. The lowest BCUT2D eigenvalue weighted by atomic mass is 9.96. The van der Waals surface area contributed by atoms with Gasteiger partial charge in [0.15, 0.2) is 0 Å². The van der Waals surface area contributed by atoms with E-state index in [9.17, 15) is 23.9 Å². The van der Waals surface area contributed by atoms with E-state index in [-0.39, 0.29) is 16.7 Å². The molecule has 7 nitrogen and oxygen atoms in total. The van der Waals surface area contributed by atoms with Crippen LogP contribution in [0.1, 0.15) is 38.1 Å². The normalized spacial score (nSPS) is 15.7. The SMILES string of the molecule is CCn1cc(C(=O)O)c(=O)c2cc(F)c(N3CCN(C(C)(C)C(C)=O)CC3)cc21. The number of hydrogen-bond donors (Lipinski definition) is 1. The van der Waals surface area contributed by atoms with Crippen molar-refractivity contribution in [1.82, 2.24) is 9.47 Å². The molecular weight excluding hydrogens is 377 g/mol. The Labute approximate surface area is 168 Å². The molecule has 8 heteroatoms. The minimum atomic E-state index is -1.33. The number of rotatable bonds is 5. The van der Waals surface area contributed by atoms with E-state index in [1.165, 1.54) is 6.20 Å². The largest absolute Gasteiger partial charge is 0.477 e. The van der Waals surface area contributed by atoms with Gasteiger partial charge in [-0.05, 0) is 39.8 Å². The van der Waals surface area contributed by atoms with E-state index in [1.807, 2.05) is 25.7 Å². The zero-order valence-corrected chi connectivity index (χ0v) is 17.2. The third-order valence-electron chi connectivity index (χ3n) is 5.99. The Morgan fingerprint density at radius 1 is 1.17 bits per heavy atom. The number of pyridine rings is 1. The van der Waals surface area contributed by atoms with Crippen LogP contribution in [0.3, 0.4) is 0 Å². The van der Waals surface area contributed by atoms with E-state index in [4.69, 9.17) is 0 Å². The van der Waals surface area contributed by atoms with E-state index in [2.05, 4.69) is 4.90 Å². The van der Waals surface area contributed by atoms with Gasteiger partial charge in [0.05, 0.1) is 16.7 Å². The van der Waals surface area contributed by atoms with Gasteiger partial charge in [-0.25, -0.2) is 9.18 Å². The van der Waals surface area contributed by atoms with Gasteiger partial charge in [0.25, 0.3) is 0 Å². The number of aryl methyl sites for hydroxylation is 1. The third-order valence-corrected chi connectivity index (χ3v) is 5.99. The number of Topliss-reactive ketones (excluding diaryl/α,β-unsaturated/α-hetero) is 1. The first-order valence-corrected chi connectivity index (χ1v) is 9.69. The summed E-state index contributed by atoms with van der Waals surface area (Å²) in [4.78, 5) is 39.7. The molecule has 1 aliphatic rings. The van der Waals surface area contributed by atoms with E-state index in [1.54, 1.807) is 17.6 Å². The Kier molecular flexibility index (Phi) is 5.49. The maximum absolute atomic E-state index is 14.9. The number of carbonyl (C=O) groups is 2. The van der Waals surface area contributed by atoms with E-state index < -0.39 is 22.8 Å². The fourth-order valence-electron chi connectivity index (χ4n) is 3.78. The fourth-order valence-corrected chi connectivity index (χ4v) is 3.78. The number of aromatic nitrogens is 1. The third kappa shape index (κ3) is 3.64. The van der Waals surface area contributed by atoms with Crippen LogP contribution in [0.15, 0.2) is 23.1 Å². The molecule has 0 radical (unpaired) electrons. The van der Waals surface area contributed by atoms with Gasteiger partial charge in [-0.2, -0.15) is 0 Å². The molecule has 0 unspecified atom stereocenters. The highest BCUT2D eigenvalue weighted by molar-refractivity contribution is 5.93. The maximum Gasteiger partial charge on any atom is 0.341 e. The smallest absolute Gasteiger partial charge is 0.341 e. The summed E-state index contributed by atoms with van der Waals surface area (Å²) < 4.78 is 16.6. The molecule has 0 saturated carbocycles. The summed E-state index contributed by atoms with van der Waals surface area (Å²) in [6.45, 7) is 9.95. The van der Waals surface area contributed by atoms with Gasteiger partial charge in [0.2, 0.25) is 5.43 Å². The van der Waals surface area contributed by atoms with E-state index in [0.29, 0.717) is 43.9 Å². The first-order valence-electron chi connectivity index (χ1n) is 9.69. The first kappa shape index (κ1) is 21.0. The van der Waals surface area contributed by atoms with Crippen molar-refractivity contribution < 1.29 is 19.1 Å². The molecule has 0 atom stereocenters. The van der Waals surface area contributed by atoms with Crippen molar-refractivity contribution in [2.24, 2.45) is 0 Å². The molecule has 2 heterocycles. The second-order valence-corrected chi connectivity index (χ2v) is 7.87. The van der Waals surface area contributed by atoms with Crippen LogP contribution < -0.4 is 10.3 Å². The molecule has 1 saturated heterocycles. The van der Waals surface area contributed by atoms with Crippen molar-refractivity contribution in [1.29, 1.82) is 0 Å². The molecule has 0 spiro atoms. The average molecular weight is 403 g/mol. The number of fused-ring (bicyclic) bond motifs is 1. The van der Waals surface area contributed by atoms with Gasteiger partial charge in [-0.15, -0.1) is 0 Å². The zero-order chi connectivity index (χ0) is 21.5. The molecule has 0 aliphatic carbocycles. The molecule has 2 aromatic rings. The summed E-state index contributed by atoms with van der Waals surface area (Å²) in [7, 11) is 0. The number of hydrogen-bond acceptors (Lipinski definition) is 5. The van der Waals surface area contributed by atoms with Gasteiger partial charge in [-0.3, -0.25) is 14.5 Å². The van der Waals surface area contributed by atoms with Crippen LogP contribution in [-0.4, -0.2) is 58.0 Å². The van der Waals surface area contributed by atoms with E-state index >= 15 is 0 Å². The highest BCUT2D eigenvalue weighted by Crippen LogP contribution is 2.28. The lowest BCUT2D eigenvalue weighted by Gasteiger charge is -2.43. The number of benzene rings is 1. The number of carboxylic acid groups (broad SMARTS) is 1. The molecule has 0 bridgehead atoms. The van der Waals surface area contributed by atoms with Crippen molar-refractivity contribution >= 4 is 28.3 Å². The number of piperazine rings is 1. The van der Waals surface area contributed by atoms with Crippen LogP contribution in [-0.2, 0) is 11.3 Å². The Morgan fingerprint density at radius 2 is 1.79 bits per heavy atom. The summed E-state index contributed by atoms with van der Waals surface area (Å²) in [6.07, 6.45) is 1.31. The van der Waals surface area contributed by atoms with Gasteiger partial charge >= 0.3 is 5.97 Å². The molecule has 3 rings (SSSR count). The average Bonchev–Trinajstić information content (AvgIpc) is 2.68.